The minimum absolute atomic E-state index is 0.00653. The zero-order chi connectivity index (χ0) is 29.9. The molecular formula is C22H26F2N9O8P. The monoisotopic (exact) mass is 613 g/mol. The van der Waals surface area contributed by atoms with Crippen molar-refractivity contribution in [1.29, 1.82) is 0 Å². The van der Waals surface area contributed by atoms with Crippen molar-refractivity contribution in [1.82, 2.24) is 34.1 Å². The highest BCUT2D eigenvalue weighted by atomic mass is 31.2. The van der Waals surface area contributed by atoms with E-state index in [9.17, 15) is 28.9 Å². The fourth-order valence-electron chi connectivity index (χ4n) is 5.37. The maximum Gasteiger partial charge on any atom is 0.338 e. The number of nitrogens with zero attached hydrogens (tertiary/aromatic N) is 6. The molecule has 20 heteroatoms. The van der Waals surface area contributed by atoms with Crippen molar-refractivity contribution in [2.75, 3.05) is 24.7 Å². The molecule has 8 N–H and O–H groups in total. The number of rotatable bonds is 8. The second-order valence-electron chi connectivity index (χ2n) is 9.92. The number of aliphatic hydroxyl groups excluding tert-OH is 2. The van der Waals surface area contributed by atoms with Gasteiger partial charge in [-0.25, -0.2) is 23.7 Å². The summed E-state index contributed by atoms with van der Waals surface area (Å²) in [5.41, 5.74) is 8.69. The Morgan fingerprint density at radius 2 is 1.98 bits per heavy atom. The molecule has 6 rings (SSSR count). The third-order valence-electron chi connectivity index (χ3n) is 7.35. The Hall–Kier alpha value is -3.58. The van der Waals surface area contributed by atoms with Gasteiger partial charge in [-0.05, 0) is 0 Å². The van der Waals surface area contributed by atoms with Gasteiger partial charge in [0.25, 0.3) is 5.56 Å². The summed E-state index contributed by atoms with van der Waals surface area (Å²) in [6, 6.07) is 0. The Balaban J connectivity index is 1.18. The maximum atomic E-state index is 15.4. The molecular weight excluding hydrogens is 587 g/mol. The first-order valence-corrected chi connectivity index (χ1v) is 14.3. The van der Waals surface area contributed by atoms with Crippen LogP contribution in [0.4, 0.5) is 20.5 Å². The number of aliphatic hydroxyl groups is 2. The van der Waals surface area contributed by atoms with Gasteiger partial charge in [-0.2, -0.15) is 4.98 Å². The normalized spacial score (nSPS) is 29.5. The topological polar surface area (TPSA) is 252 Å². The summed E-state index contributed by atoms with van der Waals surface area (Å²) < 4.78 is 62.4. The Morgan fingerprint density at radius 3 is 2.74 bits per heavy atom. The molecule has 8 atom stereocenters. The quantitative estimate of drug-likeness (QED) is 0.140. The van der Waals surface area contributed by atoms with Crippen LogP contribution in [-0.4, -0.2) is 92.5 Å². The smallest absolute Gasteiger partial charge is 0.338 e. The Bertz CT molecular complexity index is 1750. The van der Waals surface area contributed by atoms with Gasteiger partial charge in [-0.3, -0.25) is 18.9 Å². The molecule has 17 nitrogen and oxygen atoms in total. The third kappa shape index (κ3) is 4.72. The average Bonchev–Trinajstić information content (AvgIpc) is 3.68. The van der Waals surface area contributed by atoms with Crippen LogP contribution in [0, 0.1) is 5.82 Å². The first kappa shape index (κ1) is 28.5. The van der Waals surface area contributed by atoms with E-state index in [4.69, 9.17) is 25.5 Å². The highest BCUT2D eigenvalue weighted by Crippen LogP contribution is 2.58. The number of imidazole rings is 1. The van der Waals surface area contributed by atoms with Crippen molar-refractivity contribution < 1.29 is 42.4 Å². The molecule has 0 radical (unpaired) electrons. The van der Waals surface area contributed by atoms with Crippen LogP contribution in [0.2, 0.25) is 0 Å². The largest absolute Gasteiger partial charge is 0.394 e. The van der Waals surface area contributed by atoms with E-state index in [1.54, 1.807) is 0 Å². The van der Waals surface area contributed by atoms with Crippen LogP contribution in [0.3, 0.4) is 0 Å². The van der Waals surface area contributed by atoms with Crippen molar-refractivity contribution in [3.63, 3.8) is 0 Å². The van der Waals surface area contributed by atoms with E-state index in [1.807, 2.05) is 0 Å². The van der Waals surface area contributed by atoms with Gasteiger partial charge < -0.3 is 45.1 Å². The fourth-order valence-corrected chi connectivity index (χ4v) is 7.00. The summed E-state index contributed by atoms with van der Waals surface area (Å²) >= 11 is 0. The fraction of sp³-hybridized carbons (Fsp3) is 0.500. The number of aromatic nitrogens is 7. The molecule has 6 heterocycles. The van der Waals surface area contributed by atoms with E-state index >= 15 is 4.39 Å². The van der Waals surface area contributed by atoms with Gasteiger partial charge in [-0.1, -0.05) is 0 Å². The number of H-pyrrole nitrogens is 1. The minimum atomic E-state index is -4.86. The number of fused-ring (bicyclic) bond motifs is 2. The van der Waals surface area contributed by atoms with Crippen molar-refractivity contribution in [3.8, 4) is 0 Å². The van der Waals surface area contributed by atoms with E-state index in [2.05, 4.69) is 24.9 Å². The van der Waals surface area contributed by atoms with Crippen LogP contribution in [0.1, 0.15) is 25.3 Å². The maximum absolute atomic E-state index is 15.4. The molecule has 0 saturated carbocycles. The van der Waals surface area contributed by atoms with Gasteiger partial charge in [0, 0.05) is 19.0 Å². The molecule has 226 valence electrons. The molecule has 2 fully saturated rings. The molecule has 0 bridgehead atoms. The third-order valence-corrected chi connectivity index (χ3v) is 9.20. The van der Waals surface area contributed by atoms with Crippen LogP contribution >= 0.6 is 7.60 Å². The number of hydrogen-bond donors (Lipinski definition) is 6. The molecule has 4 aromatic heterocycles. The first-order chi connectivity index (χ1) is 20.0. The van der Waals surface area contributed by atoms with Gasteiger partial charge >= 0.3 is 7.60 Å². The summed E-state index contributed by atoms with van der Waals surface area (Å²) in [5, 5.41) is 20.2. The molecule has 0 amide bonds. The Kier molecular flexibility index (Phi) is 7.20. The van der Waals surface area contributed by atoms with E-state index < -0.39 is 74.8 Å². The lowest BCUT2D eigenvalue weighted by Gasteiger charge is -2.25. The van der Waals surface area contributed by atoms with Gasteiger partial charge in [-0.15, -0.1) is 0 Å². The summed E-state index contributed by atoms with van der Waals surface area (Å²) in [6.07, 6.45) is -4.66. The molecule has 2 saturated heterocycles. The predicted octanol–water partition coefficient (Wildman–Crippen LogP) is -0.295. The van der Waals surface area contributed by atoms with Crippen LogP contribution in [0.5, 0.6) is 0 Å². The average molecular weight is 613 g/mol. The Labute approximate surface area is 233 Å². The molecule has 0 aliphatic carbocycles. The molecule has 42 heavy (non-hydrogen) atoms. The summed E-state index contributed by atoms with van der Waals surface area (Å²) in [4.78, 5) is 41.0. The SMILES string of the molecule is Nc1nc2c(ncn2[C@@H]2O[C@H](CO)[C@@H](F)[C@H]2P(=O)(O)OCC[C@H]2O[C@@H](n3cc(F)c4c(N)ncnc43)C[C@@H]2O)c(=O)[nH]1. The van der Waals surface area contributed by atoms with Crippen molar-refractivity contribution in [2.45, 2.75) is 55.4 Å². The zero-order valence-corrected chi connectivity index (χ0v) is 22.4. The highest BCUT2D eigenvalue weighted by Gasteiger charge is 2.56. The van der Waals surface area contributed by atoms with Crippen LogP contribution in [0.15, 0.2) is 23.6 Å². The molecule has 0 aromatic carbocycles. The Morgan fingerprint density at radius 1 is 1.19 bits per heavy atom. The van der Waals surface area contributed by atoms with E-state index in [0.29, 0.717) is 0 Å². The number of hydrogen-bond acceptors (Lipinski definition) is 13. The second kappa shape index (κ2) is 10.6. The lowest BCUT2D eigenvalue weighted by atomic mass is 10.1. The number of nitrogens with two attached hydrogens (primary N) is 2. The summed E-state index contributed by atoms with van der Waals surface area (Å²) in [6.45, 7) is -1.26. The van der Waals surface area contributed by atoms with Crippen LogP contribution < -0.4 is 17.0 Å². The summed E-state index contributed by atoms with van der Waals surface area (Å²) in [7, 11) is -4.86. The lowest BCUT2D eigenvalue weighted by molar-refractivity contribution is -0.0332. The number of aromatic amines is 1. The van der Waals surface area contributed by atoms with E-state index in [-0.39, 0.29) is 46.8 Å². The highest BCUT2D eigenvalue weighted by molar-refractivity contribution is 7.53. The van der Waals surface area contributed by atoms with Gasteiger partial charge in [0.1, 0.15) is 36.3 Å². The zero-order valence-electron chi connectivity index (χ0n) is 21.5. The van der Waals surface area contributed by atoms with Crippen molar-refractivity contribution in [3.05, 3.63) is 35.0 Å². The number of nitrogen functional groups attached to an aromatic ring is 2. The van der Waals surface area contributed by atoms with Crippen molar-refractivity contribution >= 4 is 41.6 Å². The van der Waals surface area contributed by atoms with Crippen LogP contribution in [0.25, 0.3) is 22.2 Å². The molecule has 2 aliphatic rings. The molecule has 2 aliphatic heterocycles. The molecule has 1 unspecified atom stereocenters. The number of halogens is 2. The number of anilines is 2. The second-order valence-corrected chi connectivity index (χ2v) is 11.9. The van der Waals surface area contributed by atoms with Crippen LogP contribution in [-0.2, 0) is 18.6 Å². The molecule has 0 spiro atoms. The molecule has 4 aromatic rings. The number of alkyl halides is 1. The number of nitrogens with one attached hydrogen (secondary N) is 1. The van der Waals surface area contributed by atoms with Gasteiger partial charge in [0.2, 0.25) is 5.95 Å². The standard InChI is InChI=1S/C22H26F2N9O8P/c23-8-4-32(18-13(8)17(25)27-6-28-18)12-3-9(35)10(40-12)1-2-39-42(37,38)16-14(24)11(5-34)41-21(16)33-7-29-15-19(33)30-22(26)31-20(15)36/h4,6-7,9-12,14,16,21,34-35H,1-3,5H2,(H,37,38)(H2,25,27,28)(H3,26,30,31,36)/t9-,10+,11+,12+,14+,16+,21+/m0/s1. The van der Waals surface area contributed by atoms with Crippen molar-refractivity contribution in [2.24, 2.45) is 0 Å². The number of ether oxygens (including phenoxy) is 2. The minimum Gasteiger partial charge on any atom is -0.394 e. The van der Waals surface area contributed by atoms with E-state index in [1.165, 1.54) is 4.57 Å². The van der Waals surface area contributed by atoms with E-state index in [0.717, 1.165) is 23.4 Å². The van der Waals surface area contributed by atoms with Gasteiger partial charge in [0.15, 0.2) is 28.9 Å². The lowest BCUT2D eigenvalue weighted by Crippen LogP contribution is -2.31. The first-order valence-electron chi connectivity index (χ1n) is 12.7. The van der Waals surface area contributed by atoms with Gasteiger partial charge in [0.05, 0.1) is 37.1 Å². The summed E-state index contributed by atoms with van der Waals surface area (Å²) in [5.74, 6) is -1.00. The predicted molar refractivity (Wildman–Crippen MR) is 139 cm³/mol.